The lowest BCUT2D eigenvalue weighted by Gasteiger charge is -2.25. The third-order valence-electron chi connectivity index (χ3n) is 4.91. The van der Waals surface area contributed by atoms with Crippen LogP contribution in [0.3, 0.4) is 0 Å². The van der Waals surface area contributed by atoms with Crippen molar-refractivity contribution in [1.29, 1.82) is 0 Å². The molecule has 6 heteroatoms. The molecular formula is C22H26N2O4. The highest BCUT2D eigenvalue weighted by atomic mass is 16.5. The molecule has 1 unspecified atom stereocenters. The normalized spacial score (nSPS) is 15.9. The molecule has 2 amide bonds. The number of ether oxygens (including phenoxy) is 2. The molecule has 1 N–H and O–H groups in total. The number of nitrogens with one attached hydrogen (secondary N) is 1. The Bertz CT molecular complexity index is 820. The zero-order valence-corrected chi connectivity index (χ0v) is 16.3. The Morgan fingerprint density at radius 1 is 1.14 bits per heavy atom. The highest BCUT2D eigenvalue weighted by Crippen LogP contribution is 2.32. The van der Waals surface area contributed by atoms with E-state index in [1.165, 1.54) is 0 Å². The van der Waals surface area contributed by atoms with E-state index < -0.39 is 0 Å². The minimum absolute atomic E-state index is 0.0334. The molecule has 1 fully saturated rings. The first-order valence-electron chi connectivity index (χ1n) is 9.57. The zero-order chi connectivity index (χ0) is 19.9. The van der Waals surface area contributed by atoms with Crippen LogP contribution < -0.4 is 14.8 Å². The van der Waals surface area contributed by atoms with E-state index >= 15 is 0 Å². The SMILES string of the molecule is CCOc1ccccc1C(=O)NCC(=O)N1CCCC1c1ccc(OC)cc1. The van der Waals surface area contributed by atoms with Crippen molar-refractivity contribution in [3.8, 4) is 11.5 Å². The van der Waals surface area contributed by atoms with Crippen LogP contribution in [0.25, 0.3) is 0 Å². The average Bonchev–Trinajstić information content (AvgIpc) is 3.22. The lowest BCUT2D eigenvalue weighted by Crippen LogP contribution is -2.39. The van der Waals surface area contributed by atoms with Gasteiger partial charge in [0.1, 0.15) is 11.5 Å². The van der Waals surface area contributed by atoms with Crippen molar-refractivity contribution in [2.75, 3.05) is 26.8 Å². The number of benzene rings is 2. The van der Waals surface area contributed by atoms with Crippen LogP contribution in [0, 0.1) is 0 Å². The number of carbonyl (C=O) groups is 2. The Hall–Kier alpha value is -3.02. The predicted molar refractivity (Wildman–Crippen MR) is 107 cm³/mol. The van der Waals surface area contributed by atoms with E-state index in [0.717, 1.165) is 24.2 Å². The summed E-state index contributed by atoms with van der Waals surface area (Å²) in [5.74, 6) is 0.922. The summed E-state index contributed by atoms with van der Waals surface area (Å²) in [6.07, 6.45) is 1.86. The van der Waals surface area contributed by atoms with Gasteiger partial charge in [-0.1, -0.05) is 24.3 Å². The fourth-order valence-corrected chi connectivity index (χ4v) is 3.53. The summed E-state index contributed by atoms with van der Waals surface area (Å²) in [4.78, 5) is 27.1. The van der Waals surface area contributed by atoms with Gasteiger partial charge in [0.25, 0.3) is 5.91 Å². The summed E-state index contributed by atoms with van der Waals surface area (Å²) < 4.78 is 10.7. The van der Waals surface area contributed by atoms with E-state index in [9.17, 15) is 9.59 Å². The molecule has 1 heterocycles. The summed E-state index contributed by atoms with van der Waals surface area (Å²) in [7, 11) is 1.63. The van der Waals surface area contributed by atoms with E-state index in [1.54, 1.807) is 25.3 Å². The number of para-hydroxylation sites is 1. The third kappa shape index (κ3) is 4.44. The van der Waals surface area contributed by atoms with Gasteiger partial charge in [0.2, 0.25) is 5.91 Å². The first kappa shape index (κ1) is 19.7. The van der Waals surface area contributed by atoms with Crippen molar-refractivity contribution in [2.24, 2.45) is 0 Å². The summed E-state index contributed by atoms with van der Waals surface area (Å²) in [6.45, 7) is 3.00. The minimum atomic E-state index is -0.308. The summed E-state index contributed by atoms with van der Waals surface area (Å²) in [5, 5.41) is 2.73. The number of likely N-dealkylation sites (tertiary alicyclic amines) is 1. The number of carbonyl (C=O) groups excluding carboxylic acids is 2. The molecule has 148 valence electrons. The number of methoxy groups -OCH3 is 1. The fourth-order valence-electron chi connectivity index (χ4n) is 3.53. The Kier molecular flexibility index (Phi) is 6.53. The third-order valence-corrected chi connectivity index (χ3v) is 4.91. The van der Waals surface area contributed by atoms with Crippen molar-refractivity contribution in [3.63, 3.8) is 0 Å². The van der Waals surface area contributed by atoms with Gasteiger partial charge in [-0.15, -0.1) is 0 Å². The van der Waals surface area contributed by atoms with Crippen molar-refractivity contribution in [3.05, 3.63) is 59.7 Å². The van der Waals surface area contributed by atoms with Crippen LogP contribution in [0.15, 0.2) is 48.5 Å². The maximum absolute atomic E-state index is 12.8. The highest BCUT2D eigenvalue weighted by Gasteiger charge is 2.30. The fraction of sp³-hybridized carbons (Fsp3) is 0.364. The van der Waals surface area contributed by atoms with E-state index in [2.05, 4.69) is 5.32 Å². The van der Waals surface area contributed by atoms with Crippen LogP contribution >= 0.6 is 0 Å². The largest absolute Gasteiger partial charge is 0.497 e. The van der Waals surface area contributed by atoms with Crippen molar-refractivity contribution in [1.82, 2.24) is 10.2 Å². The summed E-state index contributed by atoms with van der Waals surface area (Å²) in [5.41, 5.74) is 1.52. The summed E-state index contributed by atoms with van der Waals surface area (Å²) >= 11 is 0. The molecule has 0 spiro atoms. The molecule has 3 rings (SSSR count). The van der Waals surface area contributed by atoms with Crippen molar-refractivity contribution >= 4 is 11.8 Å². The lowest BCUT2D eigenvalue weighted by atomic mass is 10.0. The monoisotopic (exact) mass is 382 g/mol. The van der Waals surface area contributed by atoms with Gasteiger partial charge < -0.3 is 19.7 Å². The number of hydrogen-bond acceptors (Lipinski definition) is 4. The highest BCUT2D eigenvalue weighted by molar-refractivity contribution is 5.98. The van der Waals surface area contributed by atoms with Gasteiger partial charge >= 0.3 is 0 Å². The van der Waals surface area contributed by atoms with Gasteiger partial charge in [-0.3, -0.25) is 9.59 Å². The Morgan fingerprint density at radius 2 is 1.89 bits per heavy atom. The second kappa shape index (κ2) is 9.26. The Labute approximate surface area is 165 Å². The molecule has 2 aromatic carbocycles. The topological polar surface area (TPSA) is 67.9 Å². The lowest BCUT2D eigenvalue weighted by molar-refractivity contribution is -0.131. The second-order valence-electron chi connectivity index (χ2n) is 6.63. The van der Waals surface area contributed by atoms with Gasteiger partial charge in [0.15, 0.2) is 0 Å². The molecule has 0 aromatic heterocycles. The smallest absolute Gasteiger partial charge is 0.255 e. The van der Waals surface area contributed by atoms with Gasteiger partial charge in [-0.2, -0.15) is 0 Å². The molecule has 2 aromatic rings. The van der Waals surface area contributed by atoms with Crippen LogP contribution in [0.1, 0.15) is 41.7 Å². The number of rotatable bonds is 7. The standard InChI is InChI=1S/C22H26N2O4/c1-3-28-20-9-5-4-7-18(20)22(26)23-15-21(25)24-14-6-8-19(24)16-10-12-17(27-2)13-11-16/h4-5,7,9-13,19H,3,6,8,14-15H2,1-2H3,(H,23,26). The number of nitrogens with zero attached hydrogens (tertiary/aromatic N) is 1. The van der Waals surface area contributed by atoms with E-state index in [-0.39, 0.29) is 24.4 Å². The molecule has 1 aliphatic heterocycles. The molecule has 0 saturated carbocycles. The second-order valence-corrected chi connectivity index (χ2v) is 6.63. The van der Waals surface area contributed by atoms with Gasteiger partial charge in [0, 0.05) is 6.54 Å². The quantitative estimate of drug-likeness (QED) is 0.799. The average molecular weight is 382 g/mol. The number of amides is 2. The van der Waals surface area contributed by atoms with Crippen LogP contribution in [0.5, 0.6) is 11.5 Å². The Balaban J connectivity index is 1.63. The van der Waals surface area contributed by atoms with E-state index in [4.69, 9.17) is 9.47 Å². The first-order valence-corrected chi connectivity index (χ1v) is 9.57. The van der Waals surface area contributed by atoms with Crippen LogP contribution in [-0.2, 0) is 4.79 Å². The van der Waals surface area contributed by atoms with E-state index in [1.807, 2.05) is 42.2 Å². The van der Waals surface area contributed by atoms with Crippen LogP contribution in [-0.4, -0.2) is 43.5 Å². The molecule has 0 aliphatic carbocycles. The molecule has 1 aliphatic rings. The van der Waals surface area contributed by atoms with Crippen LogP contribution in [0.4, 0.5) is 0 Å². The van der Waals surface area contributed by atoms with Crippen molar-refractivity contribution < 1.29 is 19.1 Å². The molecule has 28 heavy (non-hydrogen) atoms. The zero-order valence-electron chi connectivity index (χ0n) is 16.3. The van der Waals surface area contributed by atoms with Crippen LogP contribution in [0.2, 0.25) is 0 Å². The minimum Gasteiger partial charge on any atom is -0.497 e. The van der Waals surface area contributed by atoms with Crippen molar-refractivity contribution in [2.45, 2.75) is 25.8 Å². The molecule has 6 nitrogen and oxygen atoms in total. The Morgan fingerprint density at radius 3 is 2.61 bits per heavy atom. The molecular weight excluding hydrogens is 356 g/mol. The first-order chi connectivity index (χ1) is 13.6. The molecule has 0 bridgehead atoms. The molecule has 1 atom stereocenters. The summed E-state index contributed by atoms with van der Waals surface area (Å²) in [6, 6.07) is 14.9. The molecule has 0 radical (unpaired) electrons. The van der Waals surface area contributed by atoms with Gasteiger partial charge in [0.05, 0.1) is 31.9 Å². The van der Waals surface area contributed by atoms with Gasteiger partial charge in [-0.05, 0) is 49.6 Å². The molecule has 1 saturated heterocycles. The van der Waals surface area contributed by atoms with E-state index in [0.29, 0.717) is 24.5 Å². The predicted octanol–water partition coefficient (Wildman–Crippen LogP) is 3.19. The maximum Gasteiger partial charge on any atom is 0.255 e. The number of hydrogen-bond donors (Lipinski definition) is 1. The van der Waals surface area contributed by atoms with Gasteiger partial charge in [-0.25, -0.2) is 0 Å². The maximum atomic E-state index is 12.8.